The molecule has 0 saturated heterocycles. The molecule has 8 heteroatoms. The van der Waals surface area contributed by atoms with Gasteiger partial charge in [0.1, 0.15) is 17.4 Å². The summed E-state index contributed by atoms with van der Waals surface area (Å²) >= 11 is 0. The zero-order valence-corrected chi connectivity index (χ0v) is 19.2. The molecule has 0 amide bonds. The van der Waals surface area contributed by atoms with Gasteiger partial charge in [0.25, 0.3) is 0 Å². The molecule has 0 bridgehead atoms. The van der Waals surface area contributed by atoms with Gasteiger partial charge in [0.15, 0.2) is 5.82 Å². The van der Waals surface area contributed by atoms with Crippen molar-refractivity contribution in [1.29, 1.82) is 0 Å². The van der Waals surface area contributed by atoms with Gasteiger partial charge in [-0.1, -0.05) is 12.1 Å². The second kappa shape index (κ2) is 9.32. The Hall–Kier alpha value is -3.52. The van der Waals surface area contributed by atoms with Crippen molar-refractivity contribution in [3.8, 4) is 11.4 Å². The first-order chi connectivity index (χ1) is 15.5. The van der Waals surface area contributed by atoms with Crippen LogP contribution in [0.4, 0.5) is 5.82 Å². The van der Waals surface area contributed by atoms with Crippen molar-refractivity contribution >= 4 is 16.7 Å². The quantitative estimate of drug-likeness (QED) is 0.456. The SMILES string of the molecule is CNCCC(Oc1cccc(-n2nc3c(N(C)C)nnc(C)c3c2C)c1)c1cccnc1. The highest BCUT2D eigenvalue weighted by Gasteiger charge is 2.19. The van der Waals surface area contributed by atoms with Gasteiger partial charge in [0, 0.05) is 44.5 Å². The predicted octanol–water partition coefficient (Wildman–Crippen LogP) is 3.62. The normalized spacial score (nSPS) is 12.2. The van der Waals surface area contributed by atoms with Crippen molar-refractivity contribution in [2.45, 2.75) is 26.4 Å². The predicted molar refractivity (Wildman–Crippen MR) is 127 cm³/mol. The van der Waals surface area contributed by atoms with Crippen LogP contribution in [0.3, 0.4) is 0 Å². The van der Waals surface area contributed by atoms with Crippen LogP contribution in [0.2, 0.25) is 0 Å². The lowest BCUT2D eigenvalue weighted by molar-refractivity contribution is 0.194. The minimum atomic E-state index is -0.0971. The van der Waals surface area contributed by atoms with E-state index in [1.54, 1.807) is 6.20 Å². The van der Waals surface area contributed by atoms with Gasteiger partial charge in [-0.2, -0.15) is 10.2 Å². The molecule has 0 saturated carbocycles. The van der Waals surface area contributed by atoms with Crippen LogP contribution in [-0.4, -0.2) is 52.6 Å². The second-order valence-electron chi connectivity index (χ2n) is 8.01. The van der Waals surface area contributed by atoms with Crippen LogP contribution in [0.15, 0.2) is 48.8 Å². The molecule has 0 fully saturated rings. The van der Waals surface area contributed by atoms with E-state index < -0.39 is 0 Å². The molecule has 4 aromatic rings. The average Bonchev–Trinajstić information content (AvgIpc) is 3.15. The Morgan fingerprint density at radius 3 is 2.69 bits per heavy atom. The fourth-order valence-electron chi connectivity index (χ4n) is 3.85. The zero-order valence-electron chi connectivity index (χ0n) is 19.2. The number of hydrogen-bond donors (Lipinski definition) is 1. The molecule has 8 nitrogen and oxygen atoms in total. The summed E-state index contributed by atoms with van der Waals surface area (Å²) in [6, 6.07) is 12.0. The number of nitrogens with one attached hydrogen (secondary N) is 1. The molecule has 0 aliphatic heterocycles. The molecular formula is C24H29N7O. The lowest BCUT2D eigenvalue weighted by Gasteiger charge is -2.20. The van der Waals surface area contributed by atoms with Crippen LogP contribution in [0.1, 0.15) is 29.5 Å². The first kappa shape index (κ1) is 21.7. The summed E-state index contributed by atoms with van der Waals surface area (Å²) in [5.74, 6) is 1.54. The summed E-state index contributed by atoms with van der Waals surface area (Å²) in [4.78, 5) is 6.19. The van der Waals surface area contributed by atoms with E-state index in [1.807, 2.05) is 80.2 Å². The number of aromatic nitrogens is 5. The molecule has 1 unspecified atom stereocenters. The highest BCUT2D eigenvalue weighted by atomic mass is 16.5. The lowest BCUT2D eigenvalue weighted by Crippen LogP contribution is -2.16. The van der Waals surface area contributed by atoms with E-state index in [9.17, 15) is 0 Å². The van der Waals surface area contributed by atoms with Crippen LogP contribution in [0, 0.1) is 13.8 Å². The Kier molecular flexibility index (Phi) is 6.32. The van der Waals surface area contributed by atoms with Crippen molar-refractivity contribution in [3.63, 3.8) is 0 Å². The Balaban J connectivity index is 1.71. The van der Waals surface area contributed by atoms with Crippen molar-refractivity contribution < 1.29 is 4.74 Å². The minimum absolute atomic E-state index is 0.0971. The monoisotopic (exact) mass is 431 g/mol. The molecule has 1 N–H and O–H groups in total. The van der Waals surface area contributed by atoms with Gasteiger partial charge in [-0.25, -0.2) is 4.68 Å². The largest absolute Gasteiger partial charge is 0.486 e. The van der Waals surface area contributed by atoms with E-state index in [-0.39, 0.29) is 6.10 Å². The highest BCUT2D eigenvalue weighted by Crippen LogP contribution is 2.30. The number of fused-ring (bicyclic) bond motifs is 1. The van der Waals surface area contributed by atoms with Crippen molar-refractivity contribution in [3.05, 3.63) is 65.7 Å². The molecule has 0 spiro atoms. The van der Waals surface area contributed by atoms with Crippen molar-refractivity contribution in [2.24, 2.45) is 0 Å². The Bertz CT molecular complexity index is 1200. The molecule has 3 aromatic heterocycles. The first-order valence-electron chi connectivity index (χ1n) is 10.7. The van der Waals surface area contributed by atoms with Crippen molar-refractivity contribution in [2.75, 3.05) is 32.6 Å². The number of pyridine rings is 1. The molecule has 0 aliphatic carbocycles. The maximum absolute atomic E-state index is 6.41. The summed E-state index contributed by atoms with van der Waals surface area (Å²) in [6.45, 7) is 4.87. The van der Waals surface area contributed by atoms with Crippen LogP contribution >= 0.6 is 0 Å². The first-order valence-corrected chi connectivity index (χ1v) is 10.7. The van der Waals surface area contributed by atoms with Gasteiger partial charge >= 0.3 is 0 Å². The molecule has 0 radical (unpaired) electrons. The van der Waals surface area contributed by atoms with Crippen LogP contribution in [0.25, 0.3) is 16.6 Å². The summed E-state index contributed by atoms with van der Waals surface area (Å²) in [7, 11) is 5.84. The van der Waals surface area contributed by atoms with E-state index in [0.29, 0.717) is 0 Å². The van der Waals surface area contributed by atoms with Crippen LogP contribution in [-0.2, 0) is 0 Å². The molecular weight excluding hydrogens is 402 g/mol. The van der Waals surface area contributed by atoms with Crippen molar-refractivity contribution in [1.82, 2.24) is 30.3 Å². The topological polar surface area (TPSA) is 81.0 Å². The molecule has 1 aromatic carbocycles. The fourth-order valence-corrected chi connectivity index (χ4v) is 3.85. The average molecular weight is 432 g/mol. The maximum atomic E-state index is 6.41. The van der Waals surface area contributed by atoms with Gasteiger partial charge < -0.3 is 15.0 Å². The number of nitrogens with zero attached hydrogens (tertiary/aromatic N) is 6. The number of hydrogen-bond acceptors (Lipinski definition) is 7. The van der Waals surface area contributed by atoms with Gasteiger partial charge in [0.2, 0.25) is 0 Å². The smallest absolute Gasteiger partial charge is 0.179 e. The summed E-state index contributed by atoms with van der Waals surface area (Å²) in [5.41, 5.74) is 4.71. The Labute approximate surface area is 188 Å². The van der Waals surface area contributed by atoms with E-state index in [1.165, 1.54) is 0 Å². The standard InChI is InChI=1S/C24H29N7O/c1-16-22-17(2)31(29-23(22)24(28-27-16)30(4)5)19-9-6-10-20(14-19)32-21(11-13-25-3)18-8-7-12-26-15-18/h6-10,12,14-15,21,25H,11,13H2,1-5H3. The summed E-state index contributed by atoms with van der Waals surface area (Å²) in [5, 5.41) is 17.8. The second-order valence-corrected chi connectivity index (χ2v) is 8.01. The van der Waals surface area contributed by atoms with E-state index in [2.05, 4.69) is 27.4 Å². The third-order valence-corrected chi connectivity index (χ3v) is 5.46. The summed E-state index contributed by atoms with van der Waals surface area (Å²) < 4.78 is 8.35. The lowest BCUT2D eigenvalue weighted by atomic mass is 10.1. The van der Waals surface area contributed by atoms with E-state index in [4.69, 9.17) is 9.84 Å². The molecule has 0 aliphatic rings. The minimum Gasteiger partial charge on any atom is -0.486 e. The molecule has 32 heavy (non-hydrogen) atoms. The molecule has 1 atom stereocenters. The van der Waals surface area contributed by atoms with Gasteiger partial charge in [0.05, 0.1) is 22.5 Å². The number of aryl methyl sites for hydroxylation is 2. The Morgan fingerprint density at radius 2 is 1.97 bits per heavy atom. The van der Waals surface area contributed by atoms with Gasteiger partial charge in [-0.3, -0.25) is 4.98 Å². The number of anilines is 1. The number of rotatable bonds is 8. The summed E-state index contributed by atoms with van der Waals surface area (Å²) in [6.07, 6.45) is 4.37. The third-order valence-electron chi connectivity index (χ3n) is 5.46. The molecule has 166 valence electrons. The molecule has 4 rings (SSSR count). The van der Waals surface area contributed by atoms with Crippen LogP contribution < -0.4 is 15.0 Å². The number of benzene rings is 1. The van der Waals surface area contributed by atoms with Gasteiger partial charge in [-0.05, 0) is 45.6 Å². The Morgan fingerprint density at radius 1 is 1.12 bits per heavy atom. The third kappa shape index (κ3) is 4.27. The maximum Gasteiger partial charge on any atom is 0.179 e. The van der Waals surface area contributed by atoms with Gasteiger partial charge in [-0.15, -0.1) is 5.10 Å². The van der Waals surface area contributed by atoms with E-state index in [0.717, 1.165) is 58.1 Å². The van der Waals surface area contributed by atoms with Crippen LogP contribution in [0.5, 0.6) is 5.75 Å². The van der Waals surface area contributed by atoms with E-state index >= 15 is 0 Å². The zero-order chi connectivity index (χ0) is 22.7. The highest BCUT2D eigenvalue weighted by molar-refractivity contribution is 5.92. The number of ether oxygens (including phenoxy) is 1. The molecule has 3 heterocycles. The fraction of sp³-hybridized carbons (Fsp3) is 0.333.